The van der Waals surface area contributed by atoms with Crippen molar-refractivity contribution in [3.8, 4) is 5.75 Å². The lowest BCUT2D eigenvalue weighted by atomic mass is 10.1. The summed E-state index contributed by atoms with van der Waals surface area (Å²) in [5.41, 5.74) is 0.665. The summed E-state index contributed by atoms with van der Waals surface area (Å²) in [7, 11) is 0. The van der Waals surface area contributed by atoms with Crippen LogP contribution in [0.1, 0.15) is 59.3 Å². The molecule has 0 bridgehead atoms. The van der Waals surface area contributed by atoms with Crippen molar-refractivity contribution < 1.29 is 14.3 Å². The maximum atomic E-state index is 12.7. The Morgan fingerprint density at radius 2 is 1.75 bits per heavy atom. The molecule has 2 rings (SSSR count). The molecular weight excluding hydrogens is 449 g/mol. The first kappa shape index (κ1) is 30.8. The van der Waals surface area contributed by atoms with Gasteiger partial charge >= 0.3 is 6.09 Å². The number of halogens is 2. The van der Waals surface area contributed by atoms with E-state index in [2.05, 4.69) is 35.9 Å². The van der Waals surface area contributed by atoms with E-state index in [1.807, 2.05) is 24.3 Å². The van der Waals surface area contributed by atoms with Crippen molar-refractivity contribution in [3.63, 3.8) is 0 Å². The number of piperidine rings is 1. The van der Waals surface area contributed by atoms with Crippen molar-refractivity contribution in [2.75, 3.05) is 51.2 Å². The lowest BCUT2D eigenvalue weighted by Gasteiger charge is -2.32. The number of rotatable bonds is 13. The number of benzene rings is 1. The molecule has 0 spiro atoms. The Morgan fingerprint density at radius 1 is 1.06 bits per heavy atom. The highest BCUT2D eigenvalue weighted by Gasteiger charge is 2.22. The van der Waals surface area contributed by atoms with Gasteiger partial charge in [0.2, 0.25) is 0 Å². The molecule has 0 aromatic heterocycles. The predicted molar refractivity (Wildman–Crippen MR) is 138 cm³/mol. The highest BCUT2D eigenvalue weighted by molar-refractivity contribution is 5.86. The third-order valence-electron chi connectivity index (χ3n) is 5.67. The van der Waals surface area contributed by atoms with Crippen molar-refractivity contribution in [1.82, 2.24) is 9.80 Å². The molecular formula is C24H43Cl2N3O3. The average Bonchev–Trinajstić information content (AvgIpc) is 2.76. The van der Waals surface area contributed by atoms with E-state index in [1.54, 1.807) is 0 Å². The molecule has 8 heteroatoms. The van der Waals surface area contributed by atoms with Crippen LogP contribution in [0.5, 0.6) is 5.75 Å². The van der Waals surface area contributed by atoms with Crippen molar-refractivity contribution in [2.24, 2.45) is 0 Å². The van der Waals surface area contributed by atoms with E-state index < -0.39 is 6.09 Å². The summed E-state index contributed by atoms with van der Waals surface area (Å²) < 4.78 is 11.8. The molecule has 1 heterocycles. The zero-order chi connectivity index (χ0) is 21.6. The van der Waals surface area contributed by atoms with E-state index in [-0.39, 0.29) is 30.9 Å². The quantitative estimate of drug-likeness (QED) is 0.351. The number of nitrogens with one attached hydrogen (secondary N) is 1. The smallest absolute Gasteiger partial charge is 0.412 e. The van der Waals surface area contributed by atoms with Crippen LogP contribution in [0, 0.1) is 0 Å². The minimum Gasteiger partial charge on any atom is -0.491 e. The largest absolute Gasteiger partial charge is 0.491 e. The number of likely N-dealkylation sites (tertiary alicyclic amines) is 1. The molecule has 1 aliphatic heterocycles. The molecule has 0 saturated carbocycles. The molecule has 1 aliphatic rings. The van der Waals surface area contributed by atoms with Gasteiger partial charge in [0.1, 0.15) is 11.9 Å². The topological polar surface area (TPSA) is 54.0 Å². The molecule has 1 amide bonds. The summed E-state index contributed by atoms with van der Waals surface area (Å²) in [6.45, 7) is 12.7. The van der Waals surface area contributed by atoms with E-state index >= 15 is 0 Å². The number of ether oxygens (including phenoxy) is 2. The van der Waals surface area contributed by atoms with Crippen LogP contribution in [0.2, 0.25) is 0 Å². The summed E-state index contributed by atoms with van der Waals surface area (Å²) in [4.78, 5) is 17.5. The molecule has 1 aromatic carbocycles. The molecule has 1 saturated heterocycles. The Morgan fingerprint density at radius 3 is 2.41 bits per heavy atom. The van der Waals surface area contributed by atoms with Gasteiger partial charge in [-0.3, -0.25) is 10.2 Å². The Labute approximate surface area is 207 Å². The number of carbonyl (C=O) groups excluding carboxylic acids is 1. The fourth-order valence-corrected chi connectivity index (χ4v) is 3.85. The Balaban J connectivity index is 0.00000480. The summed E-state index contributed by atoms with van der Waals surface area (Å²) in [6, 6.07) is 7.57. The monoisotopic (exact) mass is 491 g/mol. The van der Waals surface area contributed by atoms with Crippen molar-refractivity contribution in [3.05, 3.63) is 24.3 Å². The number of hydrogen-bond acceptors (Lipinski definition) is 5. The highest BCUT2D eigenvalue weighted by Crippen LogP contribution is 2.24. The predicted octanol–water partition coefficient (Wildman–Crippen LogP) is 5.84. The van der Waals surface area contributed by atoms with Crippen LogP contribution >= 0.6 is 24.8 Å². The van der Waals surface area contributed by atoms with Gasteiger partial charge in [-0.05, 0) is 57.6 Å². The summed E-state index contributed by atoms with van der Waals surface area (Å²) in [6.07, 6.45) is 6.50. The molecule has 6 nitrogen and oxygen atoms in total. The number of amides is 1. The van der Waals surface area contributed by atoms with Gasteiger partial charge in [0.25, 0.3) is 0 Å². The van der Waals surface area contributed by atoms with Crippen molar-refractivity contribution in [2.45, 2.75) is 65.4 Å². The molecule has 186 valence electrons. The first-order chi connectivity index (χ1) is 14.7. The second-order valence-corrected chi connectivity index (χ2v) is 8.05. The maximum absolute atomic E-state index is 12.7. The van der Waals surface area contributed by atoms with Crippen molar-refractivity contribution in [1.29, 1.82) is 0 Å². The van der Waals surface area contributed by atoms with Crippen LogP contribution in [0.15, 0.2) is 24.3 Å². The van der Waals surface area contributed by atoms with Gasteiger partial charge in [0, 0.05) is 13.1 Å². The first-order valence-corrected chi connectivity index (χ1v) is 11.8. The van der Waals surface area contributed by atoms with Gasteiger partial charge in [-0.25, -0.2) is 4.79 Å². The van der Waals surface area contributed by atoms with E-state index in [9.17, 15) is 4.79 Å². The van der Waals surface area contributed by atoms with E-state index in [0.29, 0.717) is 18.0 Å². The molecule has 1 N–H and O–H groups in total. The van der Waals surface area contributed by atoms with Gasteiger partial charge in [0.05, 0.1) is 12.3 Å². The average molecular weight is 493 g/mol. The number of likely N-dealkylation sites (N-methyl/N-ethyl adjacent to an activating group) is 1. The van der Waals surface area contributed by atoms with Crippen LogP contribution in [-0.2, 0) is 4.74 Å². The molecule has 0 radical (unpaired) electrons. The molecule has 1 atom stereocenters. The molecule has 0 aliphatic carbocycles. The number of carbonyl (C=O) groups is 1. The van der Waals surface area contributed by atoms with Gasteiger partial charge in [-0.15, -0.1) is 24.8 Å². The normalized spacial score (nSPS) is 14.8. The number of hydrogen-bond donors (Lipinski definition) is 1. The minimum absolute atomic E-state index is 0. The summed E-state index contributed by atoms with van der Waals surface area (Å²) in [5, 5.41) is 2.91. The van der Waals surface area contributed by atoms with Gasteiger partial charge in [-0.2, -0.15) is 0 Å². The third-order valence-corrected chi connectivity index (χ3v) is 5.67. The SMILES string of the molecule is CCCCCOc1ccccc1NC(=O)OC(CN(CC)CC)CN1CCCCC1.Cl.Cl. The zero-order valence-corrected chi connectivity index (χ0v) is 21.6. The van der Waals surface area contributed by atoms with Crippen LogP contribution < -0.4 is 10.1 Å². The van der Waals surface area contributed by atoms with E-state index in [0.717, 1.165) is 58.5 Å². The Bertz CT molecular complexity index is 612. The second-order valence-electron chi connectivity index (χ2n) is 8.05. The van der Waals surface area contributed by atoms with Gasteiger partial charge in [0.15, 0.2) is 0 Å². The van der Waals surface area contributed by atoms with Crippen molar-refractivity contribution >= 4 is 36.6 Å². The molecule has 1 unspecified atom stereocenters. The maximum Gasteiger partial charge on any atom is 0.412 e. The Kier molecular flexibility index (Phi) is 17.6. The third kappa shape index (κ3) is 11.6. The fraction of sp³-hybridized carbons (Fsp3) is 0.708. The van der Waals surface area contributed by atoms with E-state index in [4.69, 9.17) is 9.47 Å². The van der Waals surface area contributed by atoms with Gasteiger partial charge in [-0.1, -0.05) is 52.2 Å². The van der Waals surface area contributed by atoms with E-state index in [1.165, 1.54) is 19.3 Å². The summed E-state index contributed by atoms with van der Waals surface area (Å²) in [5.74, 6) is 0.696. The van der Waals surface area contributed by atoms with Crippen LogP contribution in [0.25, 0.3) is 0 Å². The lowest BCUT2D eigenvalue weighted by Crippen LogP contribution is -2.44. The summed E-state index contributed by atoms with van der Waals surface area (Å²) >= 11 is 0. The van der Waals surface area contributed by atoms with Gasteiger partial charge < -0.3 is 14.4 Å². The fourth-order valence-electron chi connectivity index (χ4n) is 3.85. The van der Waals surface area contributed by atoms with Crippen LogP contribution in [0.3, 0.4) is 0 Å². The van der Waals surface area contributed by atoms with Crippen LogP contribution in [0.4, 0.5) is 10.5 Å². The number of para-hydroxylation sites is 2. The zero-order valence-electron chi connectivity index (χ0n) is 20.0. The molecule has 1 fully saturated rings. The Hall–Kier alpha value is -1.21. The number of anilines is 1. The number of unbranched alkanes of at least 4 members (excludes halogenated alkanes) is 2. The first-order valence-electron chi connectivity index (χ1n) is 11.8. The van der Waals surface area contributed by atoms with Crippen LogP contribution in [-0.4, -0.2) is 67.9 Å². The lowest BCUT2D eigenvalue weighted by molar-refractivity contribution is 0.0503. The molecule has 1 aromatic rings. The standard InChI is InChI=1S/C24H41N3O3.2ClH/c1-4-7-13-18-29-23-15-10-9-14-22(23)25-24(28)30-21(19-26(5-2)6-3)20-27-16-11-8-12-17-27;;/h9-10,14-15,21H,4-8,11-13,16-20H2,1-3H3,(H,25,28);2*1H. The number of nitrogens with zero attached hydrogens (tertiary/aromatic N) is 2. The molecule has 32 heavy (non-hydrogen) atoms. The highest BCUT2D eigenvalue weighted by atomic mass is 35.5. The second kappa shape index (κ2) is 18.2. The minimum atomic E-state index is -0.409.